The minimum Gasteiger partial charge on any atom is -0.465 e. The maximum Gasteiger partial charge on any atom is 0.321 e. The van der Waals surface area contributed by atoms with Gasteiger partial charge < -0.3 is 4.74 Å². The van der Waals surface area contributed by atoms with Gasteiger partial charge in [0.1, 0.15) is 5.92 Å². The van der Waals surface area contributed by atoms with E-state index in [0.29, 0.717) is 12.2 Å². The molecule has 100 valence electrons. The molecule has 1 aliphatic rings. The first-order valence-electron chi connectivity index (χ1n) is 6.63. The minimum atomic E-state index is -0.721. The molecule has 0 aromatic carbocycles. The van der Waals surface area contributed by atoms with Crippen LogP contribution < -0.4 is 0 Å². The number of esters is 1. The Balaban J connectivity index is 2.97. The second kappa shape index (κ2) is 6.53. The van der Waals surface area contributed by atoms with Crippen LogP contribution in [0.1, 0.15) is 47.0 Å². The highest BCUT2D eigenvalue weighted by Crippen LogP contribution is 2.34. The number of Topliss-reactive ketones (excluding diaryl/α,β-unsaturated/α-hetero) is 1. The molecule has 0 saturated heterocycles. The maximum atomic E-state index is 12.1. The summed E-state index contributed by atoms with van der Waals surface area (Å²) >= 11 is 0. The van der Waals surface area contributed by atoms with Crippen molar-refractivity contribution in [3.63, 3.8) is 0 Å². The number of carbonyl (C=O) groups is 2. The summed E-state index contributed by atoms with van der Waals surface area (Å²) in [5, 5.41) is 0. The van der Waals surface area contributed by atoms with Gasteiger partial charge in [-0.15, -0.1) is 0 Å². The van der Waals surface area contributed by atoms with Crippen molar-refractivity contribution in [2.45, 2.75) is 47.0 Å². The van der Waals surface area contributed by atoms with Crippen molar-refractivity contribution in [3.8, 4) is 0 Å². The Morgan fingerprint density at radius 1 is 1.28 bits per heavy atom. The molecule has 0 amide bonds. The summed E-state index contributed by atoms with van der Waals surface area (Å²) in [6.07, 6.45) is 5.09. The molecule has 3 heteroatoms. The molecule has 0 fully saturated rings. The van der Waals surface area contributed by atoms with Crippen molar-refractivity contribution in [1.82, 2.24) is 0 Å². The number of allylic oxidation sites excluding steroid dienone is 3. The van der Waals surface area contributed by atoms with E-state index in [1.165, 1.54) is 0 Å². The smallest absolute Gasteiger partial charge is 0.321 e. The summed E-state index contributed by atoms with van der Waals surface area (Å²) in [6, 6.07) is 0. The van der Waals surface area contributed by atoms with E-state index in [9.17, 15) is 9.59 Å². The second-order valence-electron chi connectivity index (χ2n) is 4.60. The van der Waals surface area contributed by atoms with Gasteiger partial charge in [-0.2, -0.15) is 0 Å². The summed E-state index contributed by atoms with van der Waals surface area (Å²) in [6.45, 7) is 7.87. The fourth-order valence-corrected chi connectivity index (χ4v) is 2.17. The summed E-state index contributed by atoms with van der Waals surface area (Å²) in [4.78, 5) is 24.0. The lowest BCUT2D eigenvalue weighted by atomic mass is 9.96. The van der Waals surface area contributed by atoms with Gasteiger partial charge in [-0.3, -0.25) is 9.59 Å². The van der Waals surface area contributed by atoms with Crippen LogP contribution in [0.3, 0.4) is 0 Å². The maximum absolute atomic E-state index is 12.1. The molecule has 3 nitrogen and oxygen atoms in total. The Morgan fingerprint density at radius 2 is 1.94 bits per heavy atom. The third-order valence-electron chi connectivity index (χ3n) is 3.38. The fourth-order valence-electron chi connectivity index (χ4n) is 2.17. The molecule has 0 bridgehead atoms. The van der Waals surface area contributed by atoms with E-state index in [0.717, 1.165) is 30.4 Å². The molecule has 0 radical (unpaired) electrons. The van der Waals surface area contributed by atoms with E-state index < -0.39 is 11.9 Å². The van der Waals surface area contributed by atoms with Crippen LogP contribution in [0.15, 0.2) is 22.8 Å². The van der Waals surface area contributed by atoms with Crippen molar-refractivity contribution in [2.75, 3.05) is 6.61 Å². The molecule has 0 heterocycles. The molecular weight excluding hydrogens is 228 g/mol. The van der Waals surface area contributed by atoms with Crippen LogP contribution >= 0.6 is 0 Å². The predicted molar refractivity (Wildman–Crippen MR) is 71.1 cm³/mol. The monoisotopic (exact) mass is 250 g/mol. The molecule has 0 aromatic rings. The standard InChI is InChI=1S/C15H22O3/c1-5-7-8-9-12-10(3)11(4)14(16)13(12)15(17)18-6-2/h9,13H,5-8H2,1-4H3/b12-9-. The summed E-state index contributed by atoms with van der Waals surface area (Å²) in [5.74, 6) is -1.24. The van der Waals surface area contributed by atoms with Crippen LogP contribution in [0.5, 0.6) is 0 Å². The summed E-state index contributed by atoms with van der Waals surface area (Å²) < 4.78 is 5.00. The van der Waals surface area contributed by atoms with Gasteiger partial charge in [0.2, 0.25) is 0 Å². The van der Waals surface area contributed by atoms with Crippen LogP contribution in [0, 0.1) is 5.92 Å². The quantitative estimate of drug-likeness (QED) is 0.427. The minimum absolute atomic E-state index is 0.103. The Bertz CT molecular complexity index is 402. The van der Waals surface area contributed by atoms with Gasteiger partial charge in [0, 0.05) is 0 Å². The van der Waals surface area contributed by atoms with E-state index in [2.05, 4.69) is 6.92 Å². The largest absolute Gasteiger partial charge is 0.465 e. The molecule has 0 saturated carbocycles. The van der Waals surface area contributed by atoms with E-state index in [1.807, 2.05) is 13.0 Å². The van der Waals surface area contributed by atoms with Crippen molar-refractivity contribution in [2.24, 2.45) is 5.92 Å². The molecule has 1 unspecified atom stereocenters. The number of carbonyl (C=O) groups excluding carboxylic acids is 2. The van der Waals surface area contributed by atoms with Crippen LogP contribution in [0.2, 0.25) is 0 Å². The Hall–Kier alpha value is -1.38. The van der Waals surface area contributed by atoms with Crippen LogP contribution in [0.25, 0.3) is 0 Å². The number of hydrogen-bond donors (Lipinski definition) is 0. The van der Waals surface area contributed by atoms with Gasteiger partial charge in [0.25, 0.3) is 0 Å². The van der Waals surface area contributed by atoms with Gasteiger partial charge in [0.15, 0.2) is 5.78 Å². The Morgan fingerprint density at radius 3 is 2.50 bits per heavy atom. The lowest BCUT2D eigenvalue weighted by molar-refractivity contribution is -0.148. The van der Waals surface area contributed by atoms with E-state index in [1.54, 1.807) is 13.8 Å². The SMILES string of the molecule is CCCC/C=C1/C(C)=C(C)C(=O)C1C(=O)OCC. The van der Waals surface area contributed by atoms with Gasteiger partial charge >= 0.3 is 5.97 Å². The van der Waals surface area contributed by atoms with Gasteiger partial charge in [0.05, 0.1) is 6.61 Å². The average Bonchev–Trinajstić information content (AvgIpc) is 2.55. The number of rotatable bonds is 5. The lowest BCUT2D eigenvalue weighted by Crippen LogP contribution is -2.24. The Kier molecular flexibility index (Phi) is 5.32. The highest BCUT2D eigenvalue weighted by atomic mass is 16.5. The number of ketones is 1. The van der Waals surface area contributed by atoms with E-state index in [4.69, 9.17) is 4.74 Å². The topological polar surface area (TPSA) is 43.4 Å². The molecule has 1 rings (SSSR count). The number of unbranched alkanes of at least 4 members (excludes halogenated alkanes) is 2. The predicted octanol–water partition coefficient (Wildman–Crippen LogP) is 3.20. The van der Waals surface area contributed by atoms with Crippen molar-refractivity contribution in [1.29, 1.82) is 0 Å². The van der Waals surface area contributed by atoms with Crippen molar-refractivity contribution < 1.29 is 14.3 Å². The molecule has 0 N–H and O–H groups in total. The van der Waals surface area contributed by atoms with E-state index in [-0.39, 0.29) is 5.78 Å². The van der Waals surface area contributed by atoms with Crippen LogP contribution in [0.4, 0.5) is 0 Å². The summed E-state index contributed by atoms with van der Waals surface area (Å²) in [5.41, 5.74) is 2.48. The molecule has 0 spiro atoms. The molecule has 18 heavy (non-hydrogen) atoms. The first-order valence-corrected chi connectivity index (χ1v) is 6.63. The van der Waals surface area contributed by atoms with Crippen molar-refractivity contribution >= 4 is 11.8 Å². The molecule has 0 aliphatic heterocycles. The Labute approximate surface area is 109 Å². The normalized spacial score (nSPS) is 21.9. The average molecular weight is 250 g/mol. The van der Waals surface area contributed by atoms with Crippen LogP contribution in [-0.4, -0.2) is 18.4 Å². The third-order valence-corrected chi connectivity index (χ3v) is 3.38. The first kappa shape index (κ1) is 14.7. The molecular formula is C15H22O3. The highest BCUT2D eigenvalue weighted by molar-refractivity contribution is 6.14. The molecule has 1 atom stereocenters. The summed E-state index contributed by atoms with van der Waals surface area (Å²) in [7, 11) is 0. The van der Waals surface area contributed by atoms with Crippen LogP contribution in [-0.2, 0) is 14.3 Å². The van der Waals surface area contributed by atoms with Gasteiger partial charge in [-0.05, 0) is 43.9 Å². The zero-order valence-electron chi connectivity index (χ0n) is 11.7. The third kappa shape index (κ3) is 2.89. The second-order valence-corrected chi connectivity index (χ2v) is 4.60. The van der Waals surface area contributed by atoms with Gasteiger partial charge in [-0.1, -0.05) is 25.8 Å². The highest BCUT2D eigenvalue weighted by Gasteiger charge is 2.39. The lowest BCUT2D eigenvalue weighted by Gasteiger charge is -2.11. The molecule has 1 aliphatic carbocycles. The van der Waals surface area contributed by atoms with E-state index >= 15 is 0 Å². The first-order chi connectivity index (χ1) is 8.54. The van der Waals surface area contributed by atoms with Gasteiger partial charge in [-0.25, -0.2) is 0 Å². The zero-order valence-corrected chi connectivity index (χ0v) is 11.7. The van der Waals surface area contributed by atoms with Crippen molar-refractivity contribution in [3.05, 3.63) is 22.8 Å². The fraction of sp³-hybridized carbons (Fsp3) is 0.600. The number of ether oxygens (including phenoxy) is 1. The number of hydrogen-bond acceptors (Lipinski definition) is 3. The zero-order chi connectivity index (χ0) is 13.7. The molecule has 0 aromatic heterocycles.